The second kappa shape index (κ2) is 4.10. The van der Waals surface area contributed by atoms with Gasteiger partial charge in [-0.3, -0.25) is 0 Å². The minimum absolute atomic E-state index is 0.472. The summed E-state index contributed by atoms with van der Waals surface area (Å²) in [6.45, 7) is 0. The second-order valence-electron chi connectivity index (χ2n) is 4.89. The van der Waals surface area contributed by atoms with Gasteiger partial charge >= 0.3 is 7.12 Å². The molecule has 0 amide bonds. The molecule has 0 fully saturated rings. The summed E-state index contributed by atoms with van der Waals surface area (Å²) in [6, 6.07) is 15.6. The van der Waals surface area contributed by atoms with Crippen LogP contribution in [0.3, 0.4) is 0 Å². The molecule has 0 unspecified atom stereocenters. The van der Waals surface area contributed by atoms with Crippen LogP contribution >= 0.6 is 0 Å². The van der Waals surface area contributed by atoms with Crippen molar-refractivity contribution < 1.29 is 14.5 Å². The summed E-state index contributed by atoms with van der Waals surface area (Å²) in [5.41, 5.74) is 1.16. The molecule has 0 aliphatic rings. The van der Waals surface area contributed by atoms with Crippen molar-refractivity contribution in [3.8, 4) is 0 Å². The Balaban J connectivity index is 2.34. The molecule has 1 heterocycles. The fourth-order valence-corrected chi connectivity index (χ4v) is 2.85. The number of hydrogen-bond donors (Lipinski definition) is 2. The Hall–Kier alpha value is -2.30. The molecule has 0 aliphatic carbocycles. The van der Waals surface area contributed by atoms with Gasteiger partial charge in [0.1, 0.15) is 5.58 Å². The van der Waals surface area contributed by atoms with Crippen molar-refractivity contribution in [3.63, 3.8) is 0 Å². The zero-order valence-corrected chi connectivity index (χ0v) is 10.6. The van der Waals surface area contributed by atoms with Gasteiger partial charge < -0.3 is 14.5 Å². The molecule has 0 radical (unpaired) electrons. The van der Waals surface area contributed by atoms with Gasteiger partial charge in [-0.05, 0) is 27.7 Å². The Morgan fingerprint density at radius 1 is 0.850 bits per heavy atom. The fourth-order valence-electron chi connectivity index (χ4n) is 2.85. The van der Waals surface area contributed by atoms with E-state index in [-0.39, 0.29) is 0 Å². The summed E-state index contributed by atoms with van der Waals surface area (Å²) in [6.07, 6.45) is 1.62. The highest BCUT2D eigenvalue weighted by atomic mass is 16.4. The summed E-state index contributed by atoms with van der Waals surface area (Å²) in [4.78, 5) is 0. The van der Waals surface area contributed by atoms with Crippen LogP contribution in [0.5, 0.6) is 0 Å². The smallest absolute Gasteiger partial charge is 0.464 e. The van der Waals surface area contributed by atoms with Crippen molar-refractivity contribution in [1.29, 1.82) is 0 Å². The molecule has 0 bridgehead atoms. The van der Waals surface area contributed by atoms with Gasteiger partial charge in [0.15, 0.2) is 0 Å². The standard InChI is InChI=1S/C16H11BO3/c18-17(19)14-9-11-3-1-2-4-12(11)13-6-5-10-7-8-20-16(10)15(13)14/h1-9,18-19H. The maximum atomic E-state index is 9.69. The van der Waals surface area contributed by atoms with E-state index in [0.29, 0.717) is 11.0 Å². The first kappa shape index (κ1) is 11.5. The summed E-state index contributed by atoms with van der Waals surface area (Å²) in [5.74, 6) is 0. The number of furan rings is 1. The topological polar surface area (TPSA) is 53.6 Å². The molecule has 1 aromatic heterocycles. The van der Waals surface area contributed by atoms with Crippen LogP contribution in [-0.4, -0.2) is 17.2 Å². The molecular formula is C16H11BO3. The lowest BCUT2D eigenvalue weighted by Crippen LogP contribution is -2.30. The molecule has 0 spiro atoms. The van der Waals surface area contributed by atoms with Crippen LogP contribution in [0.4, 0.5) is 0 Å². The molecule has 4 rings (SSSR count). The van der Waals surface area contributed by atoms with Crippen molar-refractivity contribution in [1.82, 2.24) is 0 Å². The average Bonchev–Trinajstić information content (AvgIpc) is 2.94. The van der Waals surface area contributed by atoms with Gasteiger partial charge in [-0.25, -0.2) is 0 Å². The molecule has 20 heavy (non-hydrogen) atoms. The van der Waals surface area contributed by atoms with E-state index in [1.807, 2.05) is 48.5 Å². The second-order valence-corrected chi connectivity index (χ2v) is 4.89. The lowest BCUT2D eigenvalue weighted by Gasteiger charge is -2.10. The first-order chi connectivity index (χ1) is 9.75. The highest BCUT2D eigenvalue weighted by Gasteiger charge is 2.19. The van der Waals surface area contributed by atoms with Crippen LogP contribution in [0, 0.1) is 0 Å². The van der Waals surface area contributed by atoms with E-state index in [1.165, 1.54) is 0 Å². The predicted octanol–water partition coefficient (Wildman–Crippen LogP) is 2.42. The molecule has 2 N–H and O–H groups in total. The third-order valence-electron chi connectivity index (χ3n) is 3.75. The predicted molar refractivity (Wildman–Crippen MR) is 81.1 cm³/mol. The van der Waals surface area contributed by atoms with Crippen LogP contribution in [0.25, 0.3) is 32.5 Å². The molecule has 3 nitrogen and oxygen atoms in total. The molecule has 0 aliphatic heterocycles. The summed E-state index contributed by atoms with van der Waals surface area (Å²) in [7, 11) is -1.53. The van der Waals surface area contributed by atoms with E-state index >= 15 is 0 Å². The summed E-state index contributed by atoms with van der Waals surface area (Å²) >= 11 is 0. The molecule has 96 valence electrons. The lowest BCUT2D eigenvalue weighted by atomic mass is 9.75. The highest BCUT2D eigenvalue weighted by Crippen LogP contribution is 2.30. The van der Waals surface area contributed by atoms with E-state index < -0.39 is 7.12 Å². The molecule has 4 heteroatoms. The Labute approximate surface area is 115 Å². The number of benzene rings is 3. The molecule has 0 saturated heterocycles. The van der Waals surface area contributed by atoms with Crippen LogP contribution < -0.4 is 5.46 Å². The Kier molecular flexibility index (Phi) is 2.36. The number of rotatable bonds is 1. The summed E-state index contributed by atoms with van der Waals surface area (Å²) in [5, 5.41) is 24.1. The van der Waals surface area contributed by atoms with Crippen molar-refractivity contribution in [3.05, 3.63) is 54.8 Å². The van der Waals surface area contributed by atoms with Crippen molar-refractivity contribution in [2.75, 3.05) is 0 Å². The van der Waals surface area contributed by atoms with Gasteiger partial charge in [0.25, 0.3) is 0 Å². The third-order valence-corrected chi connectivity index (χ3v) is 3.75. The molecule has 4 aromatic rings. The van der Waals surface area contributed by atoms with Gasteiger partial charge in [-0.15, -0.1) is 0 Å². The fraction of sp³-hybridized carbons (Fsp3) is 0. The van der Waals surface area contributed by atoms with Crippen molar-refractivity contribution in [2.24, 2.45) is 0 Å². The van der Waals surface area contributed by atoms with Crippen LogP contribution in [0.15, 0.2) is 59.2 Å². The molecule has 0 saturated carbocycles. The Morgan fingerprint density at radius 3 is 2.55 bits per heavy atom. The Bertz CT molecular complexity index is 940. The zero-order valence-electron chi connectivity index (χ0n) is 10.6. The van der Waals surface area contributed by atoms with E-state index in [4.69, 9.17) is 4.42 Å². The summed E-state index contributed by atoms with van der Waals surface area (Å²) < 4.78 is 5.55. The molecule has 3 aromatic carbocycles. The van der Waals surface area contributed by atoms with Gasteiger partial charge in [0.2, 0.25) is 0 Å². The number of fused-ring (bicyclic) bond motifs is 5. The zero-order chi connectivity index (χ0) is 13.7. The maximum absolute atomic E-state index is 9.69. The van der Waals surface area contributed by atoms with Crippen molar-refractivity contribution in [2.45, 2.75) is 0 Å². The lowest BCUT2D eigenvalue weighted by molar-refractivity contribution is 0.426. The SMILES string of the molecule is OB(O)c1cc2ccccc2c2ccc3ccoc3c12. The van der Waals surface area contributed by atoms with Crippen LogP contribution in [0.1, 0.15) is 0 Å². The number of hydrogen-bond acceptors (Lipinski definition) is 3. The minimum Gasteiger partial charge on any atom is -0.464 e. The highest BCUT2D eigenvalue weighted by molar-refractivity contribution is 6.63. The first-order valence-electron chi connectivity index (χ1n) is 6.43. The normalized spacial score (nSPS) is 11.5. The third kappa shape index (κ3) is 1.49. The van der Waals surface area contributed by atoms with E-state index in [9.17, 15) is 10.0 Å². The van der Waals surface area contributed by atoms with E-state index in [0.717, 1.165) is 26.9 Å². The van der Waals surface area contributed by atoms with Gasteiger partial charge in [0.05, 0.1) is 6.26 Å². The molecule has 0 atom stereocenters. The van der Waals surface area contributed by atoms with Crippen LogP contribution in [0.2, 0.25) is 0 Å². The Morgan fingerprint density at radius 2 is 1.70 bits per heavy atom. The molecular weight excluding hydrogens is 251 g/mol. The average molecular weight is 262 g/mol. The van der Waals surface area contributed by atoms with E-state index in [2.05, 4.69) is 0 Å². The van der Waals surface area contributed by atoms with E-state index in [1.54, 1.807) is 6.26 Å². The van der Waals surface area contributed by atoms with Gasteiger partial charge in [-0.1, -0.05) is 42.5 Å². The monoisotopic (exact) mass is 262 g/mol. The maximum Gasteiger partial charge on any atom is 0.489 e. The van der Waals surface area contributed by atoms with Crippen LogP contribution in [-0.2, 0) is 0 Å². The van der Waals surface area contributed by atoms with Crippen molar-refractivity contribution >= 4 is 45.1 Å². The van der Waals surface area contributed by atoms with Gasteiger partial charge in [-0.2, -0.15) is 0 Å². The quantitative estimate of drug-likeness (QED) is 0.409. The largest absolute Gasteiger partial charge is 0.489 e. The van der Waals surface area contributed by atoms with Gasteiger partial charge in [0, 0.05) is 10.8 Å². The first-order valence-corrected chi connectivity index (χ1v) is 6.43. The minimum atomic E-state index is -1.53.